The van der Waals surface area contributed by atoms with Gasteiger partial charge in [0.25, 0.3) is 0 Å². The SMILES string of the molecule is Clc1nc(-c2ccc(-c3nc(-c4ccccc4)nc(-c4ccccc4)n3)cc2)c2oc3ccccc3c2n1. The van der Waals surface area contributed by atoms with Crippen LogP contribution >= 0.6 is 11.6 Å². The molecule has 0 radical (unpaired) electrons. The average molecular weight is 512 g/mol. The predicted octanol–water partition coefficient (Wildman–Crippen LogP) is 7.88. The lowest BCUT2D eigenvalue weighted by molar-refractivity contribution is 0.667. The van der Waals surface area contributed by atoms with Crippen LogP contribution in [0.4, 0.5) is 0 Å². The fraction of sp³-hybridized carbons (Fsp3) is 0. The molecule has 38 heavy (non-hydrogen) atoms. The Kier molecular flexibility index (Phi) is 5.38. The monoisotopic (exact) mass is 511 g/mol. The number of rotatable bonds is 4. The summed E-state index contributed by atoms with van der Waals surface area (Å²) in [6.07, 6.45) is 0. The number of halogens is 1. The van der Waals surface area contributed by atoms with E-state index in [1.807, 2.05) is 109 Å². The molecule has 180 valence electrons. The number of furan rings is 1. The molecule has 0 bridgehead atoms. The van der Waals surface area contributed by atoms with Gasteiger partial charge in [-0.15, -0.1) is 0 Å². The van der Waals surface area contributed by atoms with Crippen LogP contribution in [0.5, 0.6) is 0 Å². The number of hydrogen-bond donors (Lipinski definition) is 0. The molecule has 7 aromatic rings. The van der Waals surface area contributed by atoms with Crippen LogP contribution in [-0.4, -0.2) is 24.9 Å². The van der Waals surface area contributed by atoms with E-state index in [1.54, 1.807) is 0 Å². The molecule has 0 fully saturated rings. The minimum atomic E-state index is 0.167. The Bertz CT molecular complexity index is 1860. The molecule has 3 aromatic heterocycles. The Balaban J connectivity index is 1.35. The van der Waals surface area contributed by atoms with Crippen molar-refractivity contribution in [3.63, 3.8) is 0 Å². The van der Waals surface area contributed by atoms with Crippen LogP contribution in [0.15, 0.2) is 114 Å². The minimum absolute atomic E-state index is 0.167. The number of nitrogens with zero attached hydrogens (tertiary/aromatic N) is 5. The van der Waals surface area contributed by atoms with Crippen LogP contribution in [0.3, 0.4) is 0 Å². The van der Waals surface area contributed by atoms with Crippen LogP contribution in [0.25, 0.3) is 67.5 Å². The van der Waals surface area contributed by atoms with E-state index in [9.17, 15) is 0 Å². The topological polar surface area (TPSA) is 77.6 Å². The lowest BCUT2D eigenvalue weighted by Gasteiger charge is -2.09. The van der Waals surface area contributed by atoms with Gasteiger partial charge in [0.15, 0.2) is 23.1 Å². The summed E-state index contributed by atoms with van der Waals surface area (Å²) in [5.74, 6) is 1.81. The first kappa shape index (κ1) is 22.3. The summed E-state index contributed by atoms with van der Waals surface area (Å²) in [5.41, 5.74) is 6.21. The standard InChI is InChI=1S/C31H18ClN5O/c32-31-33-25(27-26(34-31)23-13-7-8-14-24(23)38-27)19-15-17-22(18-16-19)30-36-28(20-9-3-1-4-10-20)35-29(37-30)21-11-5-2-6-12-21/h1-18H. The van der Waals surface area contributed by atoms with E-state index < -0.39 is 0 Å². The van der Waals surface area contributed by atoms with Gasteiger partial charge < -0.3 is 4.42 Å². The molecule has 3 heterocycles. The van der Waals surface area contributed by atoms with E-state index in [1.165, 1.54) is 0 Å². The molecule has 0 aliphatic rings. The van der Waals surface area contributed by atoms with Gasteiger partial charge in [-0.1, -0.05) is 97.1 Å². The first-order valence-corrected chi connectivity index (χ1v) is 12.4. The number of hydrogen-bond acceptors (Lipinski definition) is 6. The summed E-state index contributed by atoms with van der Waals surface area (Å²) in [6, 6.07) is 35.4. The fourth-order valence-corrected chi connectivity index (χ4v) is 4.64. The zero-order valence-electron chi connectivity index (χ0n) is 19.9. The van der Waals surface area contributed by atoms with Gasteiger partial charge in [-0.25, -0.2) is 24.9 Å². The van der Waals surface area contributed by atoms with Gasteiger partial charge in [0, 0.05) is 27.6 Å². The van der Waals surface area contributed by atoms with Gasteiger partial charge >= 0.3 is 0 Å². The third-order valence-corrected chi connectivity index (χ3v) is 6.48. The van der Waals surface area contributed by atoms with Crippen LogP contribution in [-0.2, 0) is 0 Å². The molecular formula is C31H18ClN5O. The molecule has 7 heteroatoms. The molecule has 0 spiro atoms. The molecule has 0 aliphatic carbocycles. The highest BCUT2D eigenvalue weighted by atomic mass is 35.5. The summed E-state index contributed by atoms with van der Waals surface area (Å²) in [5, 5.41) is 1.07. The van der Waals surface area contributed by atoms with Crippen molar-refractivity contribution in [1.29, 1.82) is 0 Å². The highest BCUT2D eigenvalue weighted by Crippen LogP contribution is 2.35. The normalized spacial score (nSPS) is 11.3. The highest BCUT2D eigenvalue weighted by molar-refractivity contribution is 6.29. The minimum Gasteiger partial charge on any atom is -0.452 e. The van der Waals surface area contributed by atoms with Crippen molar-refractivity contribution in [3.05, 3.63) is 114 Å². The summed E-state index contributed by atoms with van der Waals surface area (Å²) in [4.78, 5) is 23.3. The maximum Gasteiger partial charge on any atom is 0.223 e. The zero-order valence-corrected chi connectivity index (χ0v) is 20.7. The van der Waals surface area contributed by atoms with Gasteiger partial charge in [-0.05, 0) is 23.7 Å². The van der Waals surface area contributed by atoms with Gasteiger partial charge in [-0.2, -0.15) is 0 Å². The maximum absolute atomic E-state index is 6.32. The number of benzene rings is 4. The van der Waals surface area contributed by atoms with Gasteiger partial charge in [0.05, 0.1) is 0 Å². The Morgan fingerprint density at radius 3 is 1.58 bits per heavy atom. The predicted molar refractivity (Wildman–Crippen MR) is 149 cm³/mol. The maximum atomic E-state index is 6.32. The molecule has 0 unspecified atom stereocenters. The molecular weight excluding hydrogens is 494 g/mol. The summed E-state index contributed by atoms with van der Waals surface area (Å²) in [6.45, 7) is 0. The van der Waals surface area contributed by atoms with Crippen molar-refractivity contribution < 1.29 is 4.42 Å². The van der Waals surface area contributed by atoms with Crippen molar-refractivity contribution in [2.24, 2.45) is 0 Å². The number of aromatic nitrogens is 5. The second-order valence-electron chi connectivity index (χ2n) is 8.73. The number of para-hydroxylation sites is 1. The summed E-state index contributed by atoms with van der Waals surface area (Å²) in [7, 11) is 0. The van der Waals surface area contributed by atoms with Gasteiger partial charge in [-0.3, -0.25) is 0 Å². The van der Waals surface area contributed by atoms with E-state index in [0.29, 0.717) is 34.3 Å². The van der Waals surface area contributed by atoms with E-state index in [4.69, 9.17) is 31.0 Å². The van der Waals surface area contributed by atoms with Crippen molar-refractivity contribution in [2.75, 3.05) is 0 Å². The second kappa shape index (κ2) is 9.18. The highest BCUT2D eigenvalue weighted by Gasteiger charge is 2.17. The molecule has 0 aliphatic heterocycles. The van der Waals surface area contributed by atoms with Crippen molar-refractivity contribution in [2.45, 2.75) is 0 Å². The van der Waals surface area contributed by atoms with Crippen molar-refractivity contribution >= 4 is 33.7 Å². The van der Waals surface area contributed by atoms with Crippen molar-refractivity contribution in [3.8, 4) is 45.4 Å². The average Bonchev–Trinajstić information content (AvgIpc) is 3.36. The molecule has 7 rings (SSSR count). The van der Waals surface area contributed by atoms with Gasteiger partial charge in [0.1, 0.15) is 16.8 Å². The molecule has 0 saturated carbocycles. The number of fused-ring (bicyclic) bond motifs is 3. The molecule has 6 nitrogen and oxygen atoms in total. The third-order valence-electron chi connectivity index (χ3n) is 6.31. The lowest BCUT2D eigenvalue weighted by atomic mass is 10.1. The van der Waals surface area contributed by atoms with Crippen molar-refractivity contribution in [1.82, 2.24) is 24.9 Å². The first-order chi connectivity index (χ1) is 18.7. The van der Waals surface area contributed by atoms with Crippen LogP contribution < -0.4 is 0 Å². The molecule has 0 N–H and O–H groups in total. The van der Waals surface area contributed by atoms with E-state index in [2.05, 4.69) is 9.97 Å². The molecule has 4 aromatic carbocycles. The van der Waals surface area contributed by atoms with Crippen LogP contribution in [0.2, 0.25) is 5.28 Å². The molecule has 0 amide bonds. The van der Waals surface area contributed by atoms with E-state index in [0.717, 1.165) is 33.2 Å². The zero-order chi connectivity index (χ0) is 25.5. The quantitative estimate of drug-likeness (QED) is 0.224. The van der Waals surface area contributed by atoms with Crippen LogP contribution in [0.1, 0.15) is 0 Å². The Hall–Kier alpha value is -4.94. The van der Waals surface area contributed by atoms with E-state index >= 15 is 0 Å². The van der Waals surface area contributed by atoms with Gasteiger partial charge in [0.2, 0.25) is 5.28 Å². The largest absolute Gasteiger partial charge is 0.452 e. The summed E-state index contributed by atoms with van der Waals surface area (Å²) < 4.78 is 6.12. The summed E-state index contributed by atoms with van der Waals surface area (Å²) >= 11 is 6.32. The Morgan fingerprint density at radius 1 is 0.474 bits per heavy atom. The Morgan fingerprint density at radius 2 is 0.974 bits per heavy atom. The fourth-order valence-electron chi connectivity index (χ4n) is 4.47. The first-order valence-electron chi connectivity index (χ1n) is 12.1. The Labute approximate surface area is 222 Å². The third kappa shape index (κ3) is 3.97. The molecule has 0 atom stereocenters. The van der Waals surface area contributed by atoms with Crippen LogP contribution in [0, 0.1) is 0 Å². The van der Waals surface area contributed by atoms with E-state index in [-0.39, 0.29) is 5.28 Å². The second-order valence-corrected chi connectivity index (χ2v) is 9.07. The lowest BCUT2D eigenvalue weighted by Crippen LogP contribution is -2.00. The smallest absolute Gasteiger partial charge is 0.223 e. The molecule has 0 saturated heterocycles.